The lowest BCUT2D eigenvalue weighted by Crippen LogP contribution is -2.29. The van der Waals surface area contributed by atoms with Crippen molar-refractivity contribution < 1.29 is 4.74 Å². The van der Waals surface area contributed by atoms with Crippen LogP contribution in [0.4, 0.5) is 0 Å². The molecule has 0 amide bonds. The van der Waals surface area contributed by atoms with E-state index in [0.717, 1.165) is 10.2 Å². The molecule has 90 valence electrons. The molecule has 1 N–H and O–H groups in total. The quantitative estimate of drug-likeness (QED) is 0.913. The minimum Gasteiger partial charge on any atom is -0.496 e. The summed E-state index contributed by atoms with van der Waals surface area (Å²) in [7, 11) is 3.67. The topological polar surface area (TPSA) is 21.3 Å². The van der Waals surface area contributed by atoms with E-state index in [9.17, 15) is 0 Å². The molecule has 0 bridgehead atoms. The van der Waals surface area contributed by atoms with Crippen LogP contribution >= 0.6 is 15.9 Å². The Bertz CT molecular complexity index is 357. The van der Waals surface area contributed by atoms with Gasteiger partial charge in [0.2, 0.25) is 0 Å². The number of rotatable bonds is 3. The van der Waals surface area contributed by atoms with Crippen molar-refractivity contribution in [1.29, 1.82) is 0 Å². The molecule has 2 nitrogen and oxygen atoms in total. The number of hydrogen-bond donors (Lipinski definition) is 1. The molecule has 0 heterocycles. The predicted molar refractivity (Wildman–Crippen MR) is 71.9 cm³/mol. The minimum absolute atomic E-state index is 0.183. The normalized spacial score (nSPS) is 13.6. The van der Waals surface area contributed by atoms with Crippen molar-refractivity contribution in [2.45, 2.75) is 26.8 Å². The van der Waals surface area contributed by atoms with Gasteiger partial charge >= 0.3 is 0 Å². The summed E-state index contributed by atoms with van der Waals surface area (Å²) in [6.45, 7) is 6.69. The maximum atomic E-state index is 5.23. The SMILES string of the molecule is CNC(c1ccc(OC)c(Br)c1)C(C)(C)C. The molecule has 0 aromatic heterocycles. The Kier molecular flexibility index (Phi) is 4.39. The van der Waals surface area contributed by atoms with Crippen LogP contribution in [-0.4, -0.2) is 14.2 Å². The summed E-state index contributed by atoms with van der Waals surface area (Å²) >= 11 is 3.52. The van der Waals surface area contributed by atoms with E-state index in [2.05, 4.69) is 54.2 Å². The second-order valence-corrected chi connectivity index (χ2v) is 5.84. The summed E-state index contributed by atoms with van der Waals surface area (Å²) in [4.78, 5) is 0. The Balaban J connectivity index is 3.08. The highest BCUT2D eigenvalue weighted by Crippen LogP contribution is 2.35. The van der Waals surface area contributed by atoms with Gasteiger partial charge in [0, 0.05) is 6.04 Å². The van der Waals surface area contributed by atoms with E-state index in [-0.39, 0.29) is 5.41 Å². The van der Waals surface area contributed by atoms with Crippen LogP contribution in [0, 0.1) is 5.41 Å². The van der Waals surface area contributed by atoms with Gasteiger partial charge in [-0.25, -0.2) is 0 Å². The first-order valence-electron chi connectivity index (χ1n) is 5.41. The molecule has 0 aliphatic carbocycles. The summed E-state index contributed by atoms with van der Waals surface area (Å²) in [5.41, 5.74) is 1.45. The van der Waals surface area contributed by atoms with Gasteiger partial charge in [0.1, 0.15) is 5.75 Å². The molecule has 1 rings (SSSR count). The summed E-state index contributed by atoms with van der Waals surface area (Å²) in [5, 5.41) is 3.36. The summed E-state index contributed by atoms with van der Waals surface area (Å²) < 4.78 is 6.23. The van der Waals surface area contributed by atoms with E-state index < -0.39 is 0 Å². The molecule has 0 spiro atoms. The van der Waals surface area contributed by atoms with E-state index >= 15 is 0 Å². The zero-order valence-corrected chi connectivity index (χ0v) is 12.2. The van der Waals surface area contributed by atoms with Crippen LogP contribution in [0.3, 0.4) is 0 Å². The van der Waals surface area contributed by atoms with Gasteiger partial charge in [-0.15, -0.1) is 0 Å². The number of ether oxygens (including phenoxy) is 1. The van der Waals surface area contributed by atoms with Crippen LogP contribution in [0.25, 0.3) is 0 Å². The van der Waals surface area contributed by atoms with Gasteiger partial charge < -0.3 is 10.1 Å². The highest BCUT2D eigenvalue weighted by atomic mass is 79.9. The number of halogens is 1. The summed E-state index contributed by atoms with van der Waals surface area (Å²) in [5.74, 6) is 0.868. The predicted octanol–water partition coefficient (Wildman–Crippen LogP) is 3.76. The van der Waals surface area contributed by atoms with Crippen LogP contribution < -0.4 is 10.1 Å². The van der Waals surface area contributed by atoms with Gasteiger partial charge in [-0.05, 0) is 46.1 Å². The molecule has 1 atom stereocenters. The van der Waals surface area contributed by atoms with Crippen molar-refractivity contribution in [3.05, 3.63) is 28.2 Å². The van der Waals surface area contributed by atoms with Crippen molar-refractivity contribution >= 4 is 15.9 Å². The molecule has 0 saturated carbocycles. The molecule has 0 aliphatic rings. The van der Waals surface area contributed by atoms with Gasteiger partial charge in [0.05, 0.1) is 11.6 Å². The Morgan fingerprint density at radius 2 is 1.94 bits per heavy atom. The molecule has 0 saturated heterocycles. The fourth-order valence-electron chi connectivity index (χ4n) is 1.96. The smallest absolute Gasteiger partial charge is 0.133 e. The Labute approximate surface area is 107 Å². The van der Waals surface area contributed by atoms with Crippen molar-refractivity contribution in [1.82, 2.24) is 5.32 Å². The zero-order valence-electron chi connectivity index (χ0n) is 10.6. The number of hydrogen-bond acceptors (Lipinski definition) is 2. The average Bonchev–Trinajstić information content (AvgIpc) is 2.17. The van der Waals surface area contributed by atoms with Gasteiger partial charge in [0.15, 0.2) is 0 Å². The molecule has 1 unspecified atom stereocenters. The van der Waals surface area contributed by atoms with Gasteiger partial charge in [0.25, 0.3) is 0 Å². The maximum Gasteiger partial charge on any atom is 0.133 e. The lowest BCUT2D eigenvalue weighted by molar-refractivity contribution is 0.286. The van der Waals surface area contributed by atoms with Crippen molar-refractivity contribution in [3.8, 4) is 5.75 Å². The standard InChI is InChI=1S/C13H20BrNO/c1-13(2,3)12(15-4)9-6-7-11(16-5)10(14)8-9/h6-8,12,15H,1-5H3. The highest BCUT2D eigenvalue weighted by Gasteiger charge is 2.24. The van der Waals surface area contributed by atoms with E-state index in [0.29, 0.717) is 6.04 Å². The molecular weight excluding hydrogens is 266 g/mol. The maximum absolute atomic E-state index is 5.23. The van der Waals surface area contributed by atoms with Crippen molar-refractivity contribution in [2.24, 2.45) is 5.41 Å². The third-order valence-corrected chi connectivity index (χ3v) is 3.28. The van der Waals surface area contributed by atoms with Gasteiger partial charge in [-0.1, -0.05) is 26.8 Å². The molecule has 3 heteroatoms. The van der Waals surface area contributed by atoms with Crippen LogP contribution in [0.1, 0.15) is 32.4 Å². The third-order valence-electron chi connectivity index (χ3n) is 2.66. The number of methoxy groups -OCH3 is 1. The minimum atomic E-state index is 0.183. The largest absolute Gasteiger partial charge is 0.496 e. The van der Waals surface area contributed by atoms with Crippen LogP contribution in [0.5, 0.6) is 5.75 Å². The highest BCUT2D eigenvalue weighted by molar-refractivity contribution is 9.10. The Hall–Kier alpha value is -0.540. The second-order valence-electron chi connectivity index (χ2n) is 4.98. The van der Waals surface area contributed by atoms with Gasteiger partial charge in [-0.3, -0.25) is 0 Å². The number of benzene rings is 1. The van der Waals surface area contributed by atoms with Crippen molar-refractivity contribution in [2.75, 3.05) is 14.2 Å². The third kappa shape index (κ3) is 2.98. The Morgan fingerprint density at radius 3 is 2.31 bits per heavy atom. The lowest BCUT2D eigenvalue weighted by Gasteiger charge is -2.31. The summed E-state index contributed by atoms with van der Waals surface area (Å²) in [6.07, 6.45) is 0. The molecule has 0 radical (unpaired) electrons. The average molecular weight is 286 g/mol. The fourth-order valence-corrected chi connectivity index (χ4v) is 2.52. The molecular formula is C13H20BrNO. The molecule has 1 aromatic rings. The van der Waals surface area contributed by atoms with E-state index in [4.69, 9.17) is 4.74 Å². The Morgan fingerprint density at radius 1 is 1.31 bits per heavy atom. The van der Waals surface area contributed by atoms with Crippen molar-refractivity contribution in [3.63, 3.8) is 0 Å². The second kappa shape index (κ2) is 5.19. The van der Waals surface area contributed by atoms with E-state index in [1.165, 1.54) is 5.56 Å². The van der Waals surface area contributed by atoms with Crippen LogP contribution in [0.2, 0.25) is 0 Å². The molecule has 0 aliphatic heterocycles. The monoisotopic (exact) mass is 285 g/mol. The van der Waals surface area contributed by atoms with E-state index in [1.54, 1.807) is 7.11 Å². The fraction of sp³-hybridized carbons (Fsp3) is 0.538. The first-order chi connectivity index (χ1) is 7.40. The summed E-state index contributed by atoms with van der Waals surface area (Å²) in [6, 6.07) is 6.55. The first-order valence-corrected chi connectivity index (χ1v) is 6.20. The first kappa shape index (κ1) is 13.5. The van der Waals surface area contributed by atoms with E-state index in [1.807, 2.05) is 13.1 Å². The molecule has 1 aromatic carbocycles. The van der Waals surface area contributed by atoms with Gasteiger partial charge in [-0.2, -0.15) is 0 Å². The zero-order chi connectivity index (χ0) is 12.3. The number of nitrogens with one attached hydrogen (secondary N) is 1. The van der Waals surface area contributed by atoms with Crippen LogP contribution in [0.15, 0.2) is 22.7 Å². The van der Waals surface area contributed by atoms with Crippen LogP contribution in [-0.2, 0) is 0 Å². The molecule has 0 fully saturated rings. The molecule has 16 heavy (non-hydrogen) atoms. The lowest BCUT2D eigenvalue weighted by atomic mass is 9.82.